The lowest BCUT2D eigenvalue weighted by Crippen LogP contribution is -2.41. The first-order valence-electron chi connectivity index (χ1n) is 6.16. The number of benzene rings is 1. The zero-order chi connectivity index (χ0) is 14.5. The molecule has 0 aliphatic carbocycles. The molecule has 0 radical (unpaired) electrons. The highest BCUT2D eigenvalue weighted by Crippen LogP contribution is 2.09. The third kappa shape index (κ3) is 5.90. The molecule has 1 aromatic rings. The molecule has 1 aromatic carbocycles. The molecule has 0 unspecified atom stereocenters. The fraction of sp³-hybridized carbons (Fsp3) is 0.429. The van der Waals surface area contributed by atoms with Gasteiger partial charge in [0, 0.05) is 24.2 Å². The second kappa shape index (κ2) is 6.22. The molecular formula is C14H20N2O3. The minimum Gasteiger partial charge on any atom is -0.478 e. The maximum atomic E-state index is 11.6. The monoisotopic (exact) mass is 264 g/mol. The molecule has 0 heterocycles. The van der Waals surface area contributed by atoms with Crippen LogP contribution in [0, 0.1) is 0 Å². The van der Waals surface area contributed by atoms with Crippen molar-refractivity contribution in [1.29, 1.82) is 0 Å². The van der Waals surface area contributed by atoms with Gasteiger partial charge in [-0.1, -0.05) is 0 Å². The Kier molecular flexibility index (Phi) is 4.92. The zero-order valence-electron chi connectivity index (χ0n) is 11.5. The highest BCUT2D eigenvalue weighted by atomic mass is 16.4. The molecule has 0 spiro atoms. The molecule has 104 valence electrons. The van der Waals surface area contributed by atoms with Gasteiger partial charge in [0.25, 0.3) is 0 Å². The first-order chi connectivity index (χ1) is 8.78. The van der Waals surface area contributed by atoms with Gasteiger partial charge in [-0.05, 0) is 45.0 Å². The fourth-order valence-corrected chi connectivity index (χ4v) is 1.53. The number of rotatable bonds is 5. The van der Waals surface area contributed by atoms with Crippen LogP contribution in [0.15, 0.2) is 24.3 Å². The molecule has 0 saturated carbocycles. The van der Waals surface area contributed by atoms with Gasteiger partial charge in [0.05, 0.1) is 5.56 Å². The number of anilines is 1. The average molecular weight is 264 g/mol. The molecule has 1 rings (SSSR count). The van der Waals surface area contributed by atoms with Gasteiger partial charge in [-0.3, -0.25) is 4.79 Å². The first-order valence-corrected chi connectivity index (χ1v) is 6.16. The fourth-order valence-electron chi connectivity index (χ4n) is 1.53. The van der Waals surface area contributed by atoms with Gasteiger partial charge < -0.3 is 15.7 Å². The van der Waals surface area contributed by atoms with Gasteiger partial charge in [-0.25, -0.2) is 4.79 Å². The van der Waals surface area contributed by atoms with Crippen LogP contribution in [-0.2, 0) is 4.79 Å². The van der Waals surface area contributed by atoms with E-state index in [0.717, 1.165) is 5.69 Å². The van der Waals surface area contributed by atoms with Crippen molar-refractivity contribution < 1.29 is 14.7 Å². The number of nitrogens with one attached hydrogen (secondary N) is 2. The largest absolute Gasteiger partial charge is 0.478 e. The first kappa shape index (κ1) is 15.0. The van der Waals surface area contributed by atoms with Gasteiger partial charge >= 0.3 is 5.97 Å². The Morgan fingerprint density at radius 3 is 2.21 bits per heavy atom. The van der Waals surface area contributed by atoms with Gasteiger partial charge in [-0.2, -0.15) is 0 Å². The van der Waals surface area contributed by atoms with Crippen LogP contribution in [0.2, 0.25) is 0 Å². The molecule has 0 atom stereocenters. The summed E-state index contributed by atoms with van der Waals surface area (Å²) in [6, 6.07) is 6.43. The van der Waals surface area contributed by atoms with E-state index in [1.807, 2.05) is 20.8 Å². The van der Waals surface area contributed by atoms with E-state index < -0.39 is 5.97 Å². The van der Waals surface area contributed by atoms with Crippen LogP contribution < -0.4 is 10.6 Å². The molecule has 1 amide bonds. The van der Waals surface area contributed by atoms with Crippen LogP contribution >= 0.6 is 0 Å². The normalized spacial score (nSPS) is 10.9. The van der Waals surface area contributed by atoms with E-state index >= 15 is 0 Å². The van der Waals surface area contributed by atoms with Crippen LogP contribution in [0.25, 0.3) is 0 Å². The second-order valence-corrected chi connectivity index (χ2v) is 5.36. The Labute approximate surface area is 113 Å². The second-order valence-electron chi connectivity index (χ2n) is 5.36. The molecule has 0 saturated heterocycles. The van der Waals surface area contributed by atoms with Crippen molar-refractivity contribution in [3.05, 3.63) is 29.8 Å². The smallest absolute Gasteiger partial charge is 0.335 e. The standard InChI is InChI=1S/C14H20N2O3/c1-14(2,3)16-12(17)8-9-15-11-6-4-10(5-7-11)13(18)19/h4-7,15H,8-9H2,1-3H3,(H,16,17)(H,18,19). The lowest BCUT2D eigenvalue weighted by atomic mass is 10.1. The number of carboxylic acid groups (broad SMARTS) is 1. The lowest BCUT2D eigenvalue weighted by molar-refractivity contribution is -0.122. The van der Waals surface area contributed by atoms with Crippen molar-refractivity contribution in [3.8, 4) is 0 Å². The van der Waals surface area contributed by atoms with Crippen molar-refractivity contribution in [1.82, 2.24) is 5.32 Å². The van der Waals surface area contributed by atoms with Gasteiger partial charge in [0.2, 0.25) is 5.91 Å². The van der Waals surface area contributed by atoms with Crippen LogP contribution in [0.4, 0.5) is 5.69 Å². The van der Waals surface area contributed by atoms with E-state index in [-0.39, 0.29) is 17.0 Å². The highest BCUT2D eigenvalue weighted by Gasteiger charge is 2.12. The van der Waals surface area contributed by atoms with E-state index in [0.29, 0.717) is 13.0 Å². The maximum Gasteiger partial charge on any atom is 0.335 e. The SMILES string of the molecule is CC(C)(C)NC(=O)CCNc1ccc(C(=O)O)cc1. The summed E-state index contributed by atoms with van der Waals surface area (Å²) in [5, 5.41) is 14.7. The van der Waals surface area contributed by atoms with Crippen molar-refractivity contribution in [3.63, 3.8) is 0 Å². The predicted octanol–water partition coefficient (Wildman–Crippen LogP) is 2.10. The number of hydrogen-bond donors (Lipinski definition) is 3. The molecule has 19 heavy (non-hydrogen) atoms. The number of aromatic carboxylic acids is 1. The van der Waals surface area contributed by atoms with Crippen LogP contribution in [-0.4, -0.2) is 29.1 Å². The van der Waals surface area contributed by atoms with Gasteiger partial charge in [0.1, 0.15) is 0 Å². The van der Waals surface area contributed by atoms with Crippen LogP contribution in [0.3, 0.4) is 0 Å². The molecule has 0 aliphatic rings. The minimum absolute atomic E-state index is 0.0119. The van der Waals surface area contributed by atoms with E-state index in [2.05, 4.69) is 10.6 Å². The molecule has 0 aromatic heterocycles. The summed E-state index contributed by atoms with van der Waals surface area (Å²) in [5.74, 6) is -0.960. The summed E-state index contributed by atoms with van der Waals surface area (Å²) in [4.78, 5) is 22.2. The number of carbonyl (C=O) groups excluding carboxylic acids is 1. The average Bonchev–Trinajstić information content (AvgIpc) is 2.27. The van der Waals surface area contributed by atoms with Crippen molar-refractivity contribution in [2.75, 3.05) is 11.9 Å². The number of carboxylic acids is 1. The summed E-state index contributed by atoms with van der Waals surface area (Å²) >= 11 is 0. The highest BCUT2D eigenvalue weighted by molar-refractivity contribution is 5.88. The van der Waals surface area contributed by atoms with Gasteiger partial charge in [-0.15, -0.1) is 0 Å². The summed E-state index contributed by atoms with van der Waals surface area (Å²) in [7, 11) is 0. The van der Waals surface area contributed by atoms with E-state index in [4.69, 9.17) is 5.11 Å². The molecular weight excluding hydrogens is 244 g/mol. The number of amides is 1. The molecule has 0 bridgehead atoms. The Hall–Kier alpha value is -2.04. The van der Waals surface area contributed by atoms with E-state index in [9.17, 15) is 9.59 Å². The Balaban J connectivity index is 2.37. The summed E-state index contributed by atoms with van der Waals surface area (Å²) in [6.07, 6.45) is 0.373. The Morgan fingerprint density at radius 2 is 1.74 bits per heavy atom. The van der Waals surface area contributed by atoms with Gasteiger partial charge in [0.15, 0.2) is 0 Å². The van der Waals surface area contributed by atoms with Crippen LogP contribution in [0.1, 0.15) is 37.6 Å². The topological polar surface area (TPSA) is 78.4 Å². The number of hydrogen-bond acceptors (Lipinski definition) is 3. The van der Waals surface area contributed by atoms with Crippen molar-refractivity contribution in [2.24, 2.45) is 0 Å². The van der Waals surface area contributed by atoms with E-state index in [1.54, 1.807) is 12.1 Å². The number of carbonyl (C=O) groups is 2. The quantitative estimate of drug-likeness (QED) is 0.761. The Bertz CT molecular complexity index is 447. The summed E-state index contributed by atoms with van der Waals surface area (Å²) in [5.41, 5.74) is 0.824. The molecule has 5 heteroatoms. The summed E-state index contributed by atoms with van der Waals surface area (Å²) in [6.45, 7) is 6.31. The third-order valence-corrected chi connectivity index (χ3v) is 2.33. The van der Waals surface area contributed by atoms with E-state index in [1.165, 1.54) is 12.1 Å². The lowest BCUT2D eigenvalue weighted by Gasteiger charge is -2.20. The molecule has 0 fully saturated rings. The maximum absolute atomic E-state index is 11.6. The van der Waals surface area contributed by atoms with Crippen LogP contribution in [0.5, 0.6) is 0 Å². The van der Waals surface area contributed by atoms with Crippen molar-refractivity contribution in [2.45, 2.75) is 32.7 Å². The molecule has 5 nitrogen and oxygen atoms in total. The minimum atomic E-state index is -0.948. The predicted molar refractivity (Wildman–Crippen MR) is 74.4 cm³/mol. The summed E-state index contributed by atoms with van der Waals surface area (Å²) < 4.78 is 0. The molecule has 3 N–H and O–H groups in total. The van der Waals surface area contributed by atoms with Crippen molar-refractivity contribution >= 4 is 17.6 Å². The zero-order valence-corrected chi connectivity index (χ0v) is 11.5. The third-order valence-electron chi connectivity index (χ3n) is 2.33. The Morgan fingerprint density at radius 1 is 1.16 bits per heavy atom. The molecule has 0 aliphatic heterocycles.